The lowest BCUT2D eigenvalue weighted by Crippen LogP contribution is -2.41. The quantitative estimate of drug-likeness (QED) is 0.875. The van der Waals surface area contributed by atoms with Crippen LogP contribution in [0, 0.1) is 5.92 Å². The predicted octanol–water partition coefficient (Wildman–Crippen LogP) is 1.33. The molecule has 1 N–H and O–H groups in total. The van der Waals surface area contributed by atoms with Gasteiger partial charge in [0.05, 0.1) is 25.9 Å². The van der Waals surface area contributed by atoms with Crippen molar-refractivity contribution < 1.29 is 19.3 Å². The normalized spacial score (nSPS) is 34.7. The molecule has 1 aromatic rings. The number of benzene rings is 1. The van der Waals surface area contributed by atoms with Crippen LogP contribution in [0.2, 0.25) is 0 Å². The summed E-state index contributed by atoms with van der Waals surface area (Å²) in [6.07, 6.45) is 0.595. The molecular formula is C14H18O4. The summed E-state index contributed by atoms with van der Waals surface area (Å²) in [5.41, 5.74) is 1.15. The molecule has 2 saturated heterocycles. The number of aliphatic hydroxyl groups is 1. The molecule has 3 rings (SSSR count). The summed E-state index contributed by atoms with van der Waals surface area (Å²) in [6.45, 7) is 1.23. The lowest BCUT2D eigenvalue weighted by Gasteiger charge is -2.32. The van der Waals surface area contributed by atoms with E-state index in [1.54, 1.807) is 0 Å². The molecule has 2 aliphatic heterocycles. The first kappa shape index (κ1) is 12.1. The molecule has 0 aliphatic carbocycles. The van der Waals surface area contributed by atoms with Gasteiger partial charge in [-0.1, -0.05) is 30.3 Å². The van der Waals surface area contributed by atoms with Crippen LogP contribution in [0.15, 0.2) is 30.3 Å². The second kappa shape index (κ2) is 5.36. The van der Waals surface area contributed by atoms with Crippen LogP contribution in [0.5, 0.6) is 0 Å². The summed E-state index contributed by atoms with van der Waals surface area (Å²) >= 11 is 0. The maximum Gasteiger partial charge on any atom is 0.163 e. The maximum absolute atomic E-state index is 9.30. The lowest BCUT2D eigenvalue weighted by molar-refractivity contribution is -0.176. The number of hydrogen-bond donors (Lipinski definition) is 1. The van der Waals surface area contributed by atoms with Crippen LogP contribution in [-0.4, -0.2) is 36.8 Å². The van der Waals surface area contributed by atoms with Crippen molar-refractivity contribution in [1.29, 1.82) is 0 Å². The first-order valence-electron chi connectivity index (χ1n) is 6.40. The van der Waals surface area contributed by atoms with Crippen LogP contribution in [0.1, 0.15) is 12.0 Å². The third-order valence-corrected chi connectivity index (χ3v) is 3.61. The van der Waals surface area contributed by atoms with E-state index in [1.165, 1.54) is 0 Å². The van der Waals surface area contributed by atoms with Crippen molar-refractivity contribution in [2.75, 3.05) is 13.2 Å². The molecule has 2 fully saturated rings. The van der Waals surface area contributed by atoms with Gasteiger partial charge in [0.2, 0.25) is 0 Å². The number of ether oxygens (including phenoxy) is 3. The highest BCUT2D eigenvalue weighted by atomic mass is 16.7. The van der Waals surface area contributed by atoms with Gasteiger partial charge in [-0.25, -0.2) is 0 Å². The Bertz CT molecular complexity index is 381. The van der Waals surface area contributed by atoms with E-state index in [1.807, 2.05) is 30.3 Å². The first-order valence-corrected chi connectivity index (χ1v) is 6.40. The lowest BCUT2D eigenvalue weighted by atomic mass is 9.97. The van der Waals surface area contributed by atoms with Gasteiger partial charge in [-0.3, -0.25) is 0 Å². The Labute approximate surface area is 106 Å². The molecule has 0 spiro atoms. The van der Waals surface area contributed by atoms with Gasteiger partial charge in [-0.2, -0.15) is 0 Å². The first-order chi connectivity index (χ1) is 8.86. The fourth-order valence-electron chi connectivity index (χ4n) is 2.56. The molecule has 0 radical (unpaired) electrons. The van der Waals surface area contributed by atoms with E-state index in [0.717, 1.165) is 12.0 Å². The van der Waals surface area contributed by atoms with Gasteiger partial charge < -0.3 is 19.3 Å². The van der Waals surface area contributed by atoms with Crippen LogP contribution in [-0.2, 0) is 20.8 Å². The van der Waals surface area contributed by atoms with E-state index in [9.17, 15) is 5.11 Å². The minimum Gasteiger partial charge on any atom is -0.396 e. The predicted molar refractivity (Wildman–Crippen MR) is 64.8 cm³/mol. The van der Waals surface area contributed by atoms with Crippen LogP contribution >= 0.6 is 0 Å². The van der Waals surface area contributed by atoms with E-state index >= 15 is 0 Å². The largest absolute Gasteiger partial charge is 0.396 e. The molecule has 0 unspecified atom stereocenters. The summed E-state index contributed by atoms with van der Waals surface area (Å²) in [5, 5.41) is 9.30. The Morgan fingerprint density at radius 2 is 2.11 bits per heavy atom. The monoisotopic (exact) mass is 250 g/mol. The minimum absolute atomic E-state index is 0.0149. The van der Waals surface area contributed by atoms with Crippen LogP contribution in [0.3, 0.4) is 0 Å². The highest BCUT2D eigenvalue weighted by Crippen LogP contribution is 2.33. The SMILES string of the molecule is OC[C@H]1C[C@H](OCc2ccccc2)[C@H]2CO[C@@H]1O2. The smallest absolute Gasteiger partial charge is 0.163 e. The Morgan fingerprint density at radius 3 is 2.89 bits per heavy atom. The molecule has 4 heteroatoms. The molecule has 4 nitrogen and oxygen atoms in total. The van der Waals surface area contributed by atoms with Crippen molar-refractivity contribution in [3.8, 4) is 0 Å². The second-order valence-corrected chi connectivity index (χ2v) is 4.89. The Hall–Kier alpha value is -0.940. The summed E-state index contributed by atoms with van der Waals surface area (Å²) in [5.74, 6) is 0.0320. The van der Waals surface area contributed by atoms with Gasteiger partial charge in [0.25, 0.3) is 0 Å². The van der Waals surface area contributed by atoms with Crippen molar-refractivity contribution in [3.05, 3.63) is 35.9 Å². The summed E-state index contributed by atoms with van der Waals surface area (Å²) in [4.78, 5) is 0. The maximum atomic E-state index is 9.30. The molecule has 18 heavy (non-hydrogen) atoms. The molecule has 2 aliphatic rings. The summed E-state index contributed by atoms with van der Waals surface area (Å²) < 4.78 is 17.1. The third-order valence-electron chi connectivity index (χ3n) is 3.61. The molecule has 0 saturated carbocycles. The van der Waals surface area contributed by atoms with E-state index in [4.69, 9.17) is 14.2 Å². The number of rotatable bonds is 4. The Morgan fingerprint density at radius 1 is 1.28 bits per heavy atom. The molecule has 0 amide bonds. The van der Waals surface area contributed by atoms with Gasteiger partial charge in [-0.05, 0) is 12.0 Å². The van der Waals surface area contributed by atoms with Crippen LogP contribution in [0.4, 0.5) is 0 Å². The van der Waals surface area contributed by atoms with Gasteiger partial charge in [-0.15, -0.1) is 0 Å². The minimum atomic E-state index is -0.239. The van der Waals surface area contributed by atoms with Gasteiger partial charge in [0, 0.05) is 5.92 Å². The zero-order valence-electron chi connectivity index (χ0n) is 10.2. The van der Waals surface area contributed by atoms with Gasteiger partial charge in [0.1, 0.15) is 6.10 Å². The number of hydrogen-bond acceptors (Lipinski definition) is 4. The number of fused-ring (bicyclic) bond motifs is 2. The molecule has 2 heterocycles. The van der Waals surface area contributed by atoms with Crippen molar-refractivity contribution in [3.63, 3.8) is 0 Å². The highest BCUT2D eigenvalue weighted by Gasteiger charge is 2.44. The Balaban J connectivity index is 1.59. The standard InChI is InChI=1S/C14H18O4/c15-7-11-6-12(13-9-17-14(11)18-13)16-8-10-4-2-1-3-5-10/h1-5,11-15H,6-9H2/t11-,12+,13-,14-/m1/s1. The van der Waals surface area contributed by atoms with Crippen LogP contribution < -0.4 is 0 Å². The molecule has 98 valence electrons. The van der Waals surface area contributed by atoms with Crippen molar-refractivity contribution in [1.82, 2.24) is 0 Å². The average Bonchev–Trinajstić information content (AvgIpc) is 2.84. The third kappa shape index (κ3) is 2.42. The highest BCUT2D eigenvalue weighted by molar-refractivity contribution is 5.13. The topological polar surface area (TPSA) is 47.9 Å². The summed E-state index contributed by atoms with van der Waals surface area (Å²) in [7, 11) is 0. The second-order valence-electron chi connectivity index (χ2n) is 4.89. The van der Waals surface area contributed by atoms with E-state index in [-0.39, 0.29) is 31.0 Å². The van der Waals surface area contributed by atoms with Crippen LogP contribution in [0.25, 0.3) is 0 Å². The zero-order chi connectivity index (χ0) is 12.4. The Kier molecular flexibility index (Phi) is 3.61. The zero-order valence-corrected chi connectivity index (χ0v) is 10.2. The fourth-order valence-corrected chi connectivity index (χ4v) is 2.56. The van der Waals surface area contributed by atoms with Crippen molar-refractivity contribution in [2.24, 2.45) is 5.92 Å². The average molecular weight is 250 g/mol. The van der Waals surface area contributed by atoms with Gasteiger partial charge >= 0.3 is 0 Å². The van der Waals surface area contributed by atoms with Crippen molar-refractivity contribution >= 4 is 0 Å². The molecule has 1 aromatic carbocycles. The number of aliphatic hydroxyl groups excluding tert-OH is 1. The fraction of sp³-hybridized carbons (Fsp3) is 0.571. The molecule has 0 aromatic heterocycles. The molecule has 2 bridgehead atoms. The van der Waals surface area contributed by atoms with Crippen molar-refractivity contribution in [2.45, 2.75) is 31.5 Å². The van der Waals surface area contributed by atoms with E-state index in [0.29, 0.717) is 13.2 Å². The van der Waals surface area contributed by atoms with Gasteiger partial charge in [0.15, 0.2) is 6.29 Å². The van der Waals surface area contributed by atoms with E-state index < -0.39 is 0 Å². The summed E-state index contributed by atoms with van der Waals surface area (Å²) in [6, 6.07) is 10.1. The molecular weight excluding hydrogens is 232 g/mol. The molecule has 4 atom stereocenters. The van der Waals surface area contributed by atoms with E-state index in [2.05, 4.69) is 0 Å².